The number of nitrogen functional groups attached to an aromatic ring is 1. The first-order valence-corrected chi connectivity index (χ1v) is 6.84. The molecule has 1 rings (SSSR count). The lowest BCUT2D eigenvalue weighted by atomic mass is 10.2. The summed E-state index contributed by atoms with van der Waals surface area (Å²) in [7, 11) is 0. The Morgan fingerprint density at radius 1 is 1.21 bits per heavy atom. The van der Waals surface area contributed by atoms with E-state index < -0.39 is 5.97 Å². The van der Waals surface area contributed by atoms with Crippen LogP contribution in [0.2, 0.25) is 10.0 Å². The van der Waals surface area contributed by atoms with E-state index in [0.29, 0.717) is 12.2 Å². The Balaban J connectivity index is 2.42. The number of anilines is 1. The first-order valence-electron chi connectivity index (χ1n) is 6.08. The van der Waals surface area contributed by atoms with Gasteiger partial charge in [0.2, 0.25) is 0 Å². The number of ether oxygens (including phenoxy) is 1. The van der Waals surface area contributed by atoms with E-state index in [1.54, 1.807) is 0 Å². The number of aliphatic hydroxyl groups excluding tert-OH is 1. The van der Waals surface area contributed by atoms with Crippen molar-refractivity contribution in [2.45, 2.75) is 25.7 Å². The Bertz CT molecular complexity index is 415. The van der Waals surface area contributed by atoms with Gasteiger partial charge in [-0.15, -0.1) is 0 Å². The fourth-order valence-corrected chi connectivity index (χ4v) is 1.88. The van der Waals surface area contributed by atoms with Crippen molar-refractivity contribution in [3.63, 3.8) is 0 Å². The van der Waals surface area contributed by atoms with Gasteiger partial charge in [0.05, 0.1) is 27.9 Å². The number of halogens is 2. The molecule has 0 bridgehead atoms. The molecule has 0 aliphatic carbocycles. The minimum Gasteiger partial charge on any atom is -0.462 e. The molecule has 19 heavy (non-hydrogen) atoms. The summed E-state index contributed by atoms with van der Waals surface area (Å²) in [5.41, 5.74) is 6.17. The summed E-state index contributed by atoms with van der Waals surface area (Å²) in [5.74, 6) is -0.465. The molecule has 0 saturated heterocycles. The summed E-state index contributed by atoms with van der Waals surface area (Å²) in [6.07, 6.45) is 3.38. The van der Waals surface area contributed by atoms with Gasteiger partial charge < -0.3 is 15.6 Å². The van der Waals surface area contributed by atoms with Gasteiger partial charge in [-0.2, -0.15) is 0 Å². The molecule has 1 aromatic carbocycles. The van der Waals surface area contributed by atoms with Gasteiger partial charge >= 0.3 is 5.97 Å². The van der Waals surface area contributed by atoms with Crippen LogP contribution >= 0.6 is 23.2 Å². The Kier molecular flexibility index (Phi) is 6.99. The number of carbonyl (C=O) groups excluding carboxylic acids is 1. The molecule has 0 fully saturated rings. The number of hydrogen-bond acceptors (Lipinski definition) is 4. The molecule has 0 heterocycles. The zero-order valence-corrected chi connectivity index (χ0v) is 12.0. The number of esters is 1. The van der Waals surface area contributed by atoms with Gasteiger partial charge in [0, 0.05) is 6.61 Å². The third-order valence-electron chi connectivity index (χ3n) is 2.58. The van der Waals surface area contributed by atoms with Crippen LogP contribution in [-0.2, 0) is 4.74 Å². The van der Waals surface area contributed by atoms with Crippen LogP contribution in [0.15, 0.2) is 12.1 Å². The largest absolute Gasteiger partial charge is 0.462 e. The molecule has 3 N–H and O–H groups in total. The fraction of sp³-hybridized carbons (Fsp3) is 0.462. The molecular formula is C13H17Cl2NO3. The minimum atomic E-state index is -0.465. The smallest absolute Gasteiger partial charge is 0.338 e. The predicted molar refractivity (Wildman–Crippen MR) is 76.7 cm³/mol. The number of rotatable bonds is 7. The monoisotopic (exact) mass is 305 g/mol. The molecular weight excluding hydrogens is 289 g/mol. The Labute approximate surface area is 122 Å². The number of benzene rings is 1. The van der Waals surface area contributed by atoms with Crippen LogP contribution in [0.4, 0.5) is 5.69 Å². The second-order valence-corrected chi connectivity index (χ2v) is 4.92. The molecule has 0 atom stereocenters. The highest BCUT2D eigenvalue weighted by Gasteiger charge is 2.12. The van der Waals surface area contributed by atoms with Gasteiger partial charge in [0.15, 0.2) is 0 Å². The molecule has 4 nitrogen and oxygen atoms in total. The third kappa shape index (κ3) is 5.27. The Morgan fingerprint density at radius 2 is 1.89 bits per heavy atom. The number of aliphatic hydroxyl groups is 1. The fourth-order valence-electron chi connectivity index (χ4n) is 1.54. The quantitative estimate of drug-likeness (QED) is 0.460. The van der Waals surface area contributed by atoms with Crippen LogP contribution < -0.4 is 5.73 Å². The molecule has 0 spiro atoms. The van der Waals surface area contributed by atoms with Crippen LogP contribution in [0.5, 0.6) is 0 Å². The molecule has 6 heteroatoms. The van der Waals surface area contributed by atoms with Gasteiger partial charge in [-0.05, 0) is 31.4 Å². The summed E-state index contributed by atoms with van der Waals surface area (Å²) in [5, 5.41) is 9.08. The topological polar surface area (TPSA) is 72.6 Å². The molecule has 0 aliphatic rings. The van der Waals surface area contributed by atoms with E-state index in [4.69, 9.17) is 38.8 Å². The van der Waals surface area contributed by atoms with E-state index in [-0.39, 0.29) is 22.3 Å². The Morgan fingerprint density at radius 3 is 2.53 bits per heavy atom. The Hall–Kier alpha value is -0.970. The second kappa shape index (κ2) is 8.25. The standard InChI is InChI=1S/C13H17Cl2NO3/c14-10-7-9(8-11(16)12(10)15)13(18)19-6-4-2-1-3-5-17/h7-8,17H,1-6,16H2. The second-order valence-electron chi connectivity index (χ2n) is 4.14. The molecule has 0 amide bonds. The van der Waals surface area contributed by atoms with Crippen LogP contribution in [0.3, 0.4) is 0 Å². The van der Waals surface area contributed by atoms with Gasteiger partial charge in [0.1, 0.15) is 0 Å². The van der Waals surface area contributed by atoms with Crippen molar-refractivity contribution in [2.24, 2.45) is 0 Å². The minimum absolute atomic E-state index is 0.197. The number of carbonyl (C=O) groups is 1. The summed E-state index contributed by atoms with van der Waals surface area (Å²) < 4.78 is 5.10. The predicted octanol–water partition coefficient (Wildman–Crippen LogP) is 3.29. The van der Waals surface area contributed by atoms with Gasteiger partial charge in [-0.3, -0.25) is 0 Å². The maximum Gasteiger partial charge on any atom is 0.338 e. The summed E-state index contributed by atoms with van der Waals surface area (Å²) >= 11 is 11.6. The van der Waals surface area contributed by atoms with Gasteiger partial charge in [-0.1, -0.05) is 29.6 Å². The number of unbranched alkanes of at least 4 members (excludes halogenated alkanes) is 3. The van der Waals surface area contributed by atoms with Crippen molar-refractivity contribution in [3.8, 4) is 0 Å². The zero-order valence-electron chi connectivity index (χ0n) is 10.5. The maximum absolute atomic E-state index is 11.7. The first-order chi connectivity index (χ1) is 9.06. The molecule has 0 saturated carbocycles. The highest BCUT2D eigenvalue weighted by molar-refractivity contribution is 6.43. The van der Waals surface area contributed by atoms with E-state index in [2.05, 4.69) is 0 Å². The van der Waals surface area contributed by atoms with Crippen molar-refractivity contribution in [1.29, 1.82) is 0 Å². The van der Waals surface area contributed by atoms with Crippen LogP contribution in [0.25, 0.3) is 0 Å². The van der Waals surface area contributed by atoms with E-state index in [9.17, 15) is 4.79 Å². The van der Waals surface area contributed by atoms with Crippen molar-refractivity contribution in [1.82, 2.24) is 0 Å². The molecule has 0 aromatic heterocycles. The van der Waals surface area contributed by atoms with Crippen molar-refractivity contribution < 1.29 is 14.6 Å². The average Bonchev–Trinajstić information content (AvgIpc) is 2.39. The lowest BCUT2D eigenvalue weighted by Gasteiger charge is -2.07. The average molecular weight is 306 g/mol. The molecule has 1 aromatic rings. The van der Waals surface area contributed by atoms with Crippen molar-refractivity contribution in [3.05, 3.63) is 27.7 Å². The lowest BCUT2D eigenvalue weighted by molar-refractivity contribution is 0.0497. The zero-order chi connectivity index (χ0) is 14.3. The summed E-state index contributed by atoms with van der Waals surface area (Å²) in [6.45, 7) is 0.534. The highest BCUT2D eigenvalue weighted by Crippen LogP contribution is 2.29. The van der Waals surface area contributed by atoms with E-state index in [0.717, 1.165) is 25.7 Å². The van der Waals surface area contributed by atoms with E-state index in [1.165, 1.54) is 12.1 Å². The first kappa shape index (κ1) is 16.1. The number of hydrogen-bond donors (Lipinski definition) is 2. The van der Waals surface area contributed by atoms with Gasteiger partial charge in [0.25, 0.3) is 0 Å². The van der Waals surface area contributed by atoms with Crippen LogP contribution in [0.1, 0.15) is 36.0 Å². The van der Waals surface area contributed by atoms with Crippen LogP contribution in [-0.4, -0.2) is 24.3 Å². The number of nitrogens with two attached hydrogens (primary N) is 1. The van der Waals surface area contributed by atoms with Crippen molar-refractivity contribution >= 4 is 34.9 Å². The summed E-state index contributed by atoms with van der Waals surface area (Å²) in [4.78, 5) is 11.7. The van der Waals surface area contributed by atoms with E-state index >= 15 is 0 Å². The SMILES string of the molecule is Nc1cc(C(=O)OCCCCCCO)cc(Cl)c1Cl. The van der Waals surface area contributed by atoms with Gasteiger partial charge in [-0.25, -0.2) is 4.79 Å². The molecule has 0 radical (unpaired) electrons. The van der Waals surface area contributed by atoms with Crippen LogP contribution in [0, 0.1) is 0 Å². The summed E-state index contributed by atoms with van der Waals surface area (Å²) in [6, 6.07) is 2.89. The molecule has 0 unspecified atom stereocenters. The normalized spacial score (nSPS) is 10.5. The van der Waals surface area contributed by atoms with E-state index in [1.807, 2.05) is 0 Å². The third-order valence-corrected chi connectivity index (χ3v) is 3.39. The lowest BCUT2D eigenvalue weighted by Crippen LogP contribution is -2.07. The highest BCUT2D eigenvalue weighted by atomic mass is 35.5. The molecule has 106 valence electrons. The van der Waals surface area contributed by atoms with Crippen molar-refractivity contribution in [2.75, 3.05) is 18.9 Å². The molecule has 0 aliphatic heterocycles. The maximum atomic E-state index is 11.7.